The summed E-state index contributed by atoms with van der Waals surface area (Å²) in [5.74, 6) is 3.49. The molecule has 2 N–H and O–H groups in total. The van der Waals surface area contributed by atoms with Crippen molar-refractivity contribution in [1.82, 2.24) is 5.32 Å². The van der Waals surface area contributed by atoms with E-state index in [0.717, 1.165) is 41.5 Å². The van der Waals surface area contributed by atoms with Gasteiger partial charge in [-0.3, -0.25) is 4.79 Å². The first-order valence-electron chi connectivity index (χ1n) is 7.93. The molecule has 4 rings (SSSR count). The lowest BCUT2D eigenvalue weighted by atomic mass is 10.0. The summed E-state index contributed by atoms with van der Waals surface area (Å²) in [6.07, 6.45) is 4.22. The van der Waals surface area contributed by atoms with Crippen molar-refractivity contribution in [3.05, 3.63) is 29.8 Å². The van der Waals surface area contributed by atoms with Crippen molar-refractivity contribution < 1.29 is 4.79 Å². The summed E-state index contributed by atoms with van der Waals surface area (Å²) < 4.78 is 0. The number of amides is 1. The summed E-state index contributed by atoms with van der Waals surface area (Å²) in [5.41, 5.74) is 1.73. The Morgan fingerprint density at radius 1 is 1.20 bits per heavy atom. The van der Waals surface area contributed by atoms with Gasteiger partial charge >= 0.3 is 0 Å². The quantitative estimate of drug-likeness (QED) is 0.883. The standard InChI is InChI=1S/C17H22N2O/c1-2-18-13-6-4-3-5-12(13)17(20)19-16-14-10-7-8-11(9-10)15(14)16/h3-6,10-11,14-16,18H,2,7-9H2,1H3,(H,19,20). The Balaban J connectivity index is 1.47. The van der Waals surface area contributed by atoms with Gasteiger partial charge in [-0.05, 0) is 62.0 Å². The first kappa shape index (κ1) is 12.2. The van der Waals surface area contributed by atoms with Gasteiger partial charge in [0.15, 0.2) is 0 Å². The van der Waals surface area contributed by atoms with Crippen molar-refractivity contribution in [3.63, 3.8) is 0 Å². The minimum Gasteiger partial charge on any atom is -0.385 e. The fraction of sp³-hybridized carbons (Fsp3) is 0.588. The molecule has 1 amide bonds. The summed E-state index contributed by atoms with van der Waals surface area (Å²) in [6, 6.07) is 8.27. The summed E-state index contributed by atoms with van der Waals surface area (Å²) in [5, 5.41) is 6.56. The second-order valence-corrected chi connectivity index (χ2v) is 6.56. The van der Waals surface area contributed by atoms with Crippen LogP contribution in [0.2, 0.25) is 0 Å². The summed E-state index contributed by atoms with van der Waals surface area (Å²) in [4.78, 5) is 12.5. The van der Waals surface area contributed by atoms with Gasteiger partial charge in [-0.2, -0.15) is 0 Å². The van der Waals surface area contributed by atoms with Crippen LogP contribution in [0.1, 0.15) is 36.5 Å². The van der Waals surface area contributed by atoms with Crippen molar-refractivity contribution in [2.45, 2.75) is 32.2 Å². The van der Waals surface area contributed by atoms with Gasteiger partial charge in [0.25, 0.3) is 5.91 Å². The molecule has 0 aliphatic heterocycles. The van der Waals surface area contributed by atoms with Crippen LogP contribution in [0.25, 0.3) is 0 Å². The second kappa shape index (κ2) is 4.51. The monoisotopic (exact) mass is 270 g/mol. The molecule has 0 spiro atoms. The van der Waals surface area contributed by atoms with Crippen LogP contribution < -0.4 is 10.6 Å². The molecule has 3 aliphatic rings. The molecule has 0 aromatic heterocycles. The van der Waals surface area contributed by atoms with Gasteiger partial charge in [0.05, 0.1) is 5.56 Å². The second-order valence-electron chi connectivity index (χ2n) is 6.56. The highest BCUT2D eigenvalue weighted by molar-refractivity contribution is 6.00. The number of carbonyl (C=O) groups excluding carboxylic acids is 1. The van der Waals surface area contributed by atoms with Crippen molar-refractivity contribution in [2.75, 3.05) is 11.9 Å². The number of benzene rings is 1. The van der Waals surface area contributed by atoms with Crippen molar-refractivity contribution in [2.24, 2.45) is 23.7 Å². The van der Waals surface area contributed by atoms with Crippen molar-refractivity contribution >= 4 is 11.6 Å². The SMILES string of the molecule is CCNc1ccccc1C(=O)NC1C2C3CCC(C3)C12. The Labute approximate surface area is 120 Å². The number of hydrogen-bond acceptors (Lipinski definition) is 2. The average molecular weight is 270 g/mol. The number of hydrogen-bond donors (Lipinski definition) is 2. The molecule has 4 atom stereocenters. The van der Waals surface area contributed by atoms with Crippen LogP contribution >= 0.6 is 0 Å². The molecule has 20 heavy (non-hydrogen) atoms. The number of fused-ring (bicyclic) bond motifs is 5. The van der Waals surface area contributed by atoms with Crippen LogP contribution in [0.3, 0.4) is 0 Å². The lowest BCUT2D eigenvalue weighted by molar-refractivity contribution is 0.0945. The fourth-order valence-electron chi connectivity index (χ4n) is 4.77. The maximum absolute atomic E-state index is 12.5. The zero-order valence-electron chi connectivity index (χ0n) is 11.9. The Hall–Kier alpha value is -1.51. The molecule has 0 radical (unpaired) electrons. The van der Waals surface area contributed by atoms with Gasteiger partial charge in [0, 0.05) is 18.3 Å². The van der Waals surface area contributed by atoms with Gasteiger partial charge < -0.3 is 10.6 Å². The molecule has 3 aliphatic carbocycles. The molecule has 3 heteroatoms. The van der Waals surface area contributed by atoms with E-state index in [1.807, 2.05) is 24.3 Å². The van der Waals surface area contributed by atoms with E-state index >= 15 is 0 Å². The summed E-state index contributed by atoms with van der Waals surface area (Å²) in [6.45, 7) is 2.89. The number of anilines is 1. The molecule has 3 fully saturated rings. The number of rotatable bonds is 4. The largest absolute Gasteiger partial charge is 0.385 e. The topological polar surface area (TPSA) is 41.1 Å². The van der Waals surface area contributed by atoms with Gasteiger partial charge in [0.2, 0.25) is 0 Å². The summed E-state index contributed by atoms with van der Waals surface area (Å²) in [7, 11) is 0. The van der Waals surface area contributed by atoms with E-state index in [-0.39, 0.29) is 5.91 Å². The molecule has 0 heterocycles. The van der Waals surface area contributed by atoms with Gasteiger partial charge in [-0.1, -0.05) is 12.1 Å². The van der Waals surface area contributed by atoms with E-state index in [2.05, 4.69) is 17.6 Å². The van der Waals surface area contributed by atoms with Crippen LogP contribution in [0.4, 0.5) is 5.69 Å². The predicted molar refractivity (Wildman–Crippen MR) is 79.7 cm³/mol. The number of para-hydroxylation sites is 1. The fourth-order valence-corrected chi connectivity index (χ4v) is 4.77. The Bertz CT molecular complexity index is 526. The molecule has 3 saturated carbocycles. The molecule has 1 aromatic rings. The molecule has 2 bridgehead atoms. The Morgan fingerprint density at radius 3 is 2.60 bits per heavy atom. The van der Waals surface area contributed by atoms with Crippen LogP contribution in [0.5, 0.6) is 0 Å². The predicted octanol–water partition coefficient (Wildman–Crippen LogP) is 2.89. The van der Waals surface area contributed by atoms with E-state index in [4.69, 9.17) is 0 Å². The average Bonchev–Trinajstić information content (AvgIpc) is 2.85. The lowest BCUT2D eigenvalue weighted by Gasteiger charge is -2.13. The van der Waals surface area contributed by atoms with Gasteiger partial charge in [-0.15, -0.1) is 0 Å². The van der Waals surface area contributed by atoms with Crippen LogP contribution in [-0.2, 0) is 0 Å². The van der Waals surface area contributed by atoms with Gasteiger partial charge in [0.1, 0.15) is 0 Å². The molecule has 106 valence electrons. The van der Waals surface area contributed by atoms with Crippen LogP contribution in [0, 0.1) is 23.7 Å². The maximum atomic E-state index is 12.5. The number of carbonyl (C=O) groups is 1. The Kier molecular flexibility index (Phi) is 2.76. The van der Waals surface area contributed by atoms with E-state index in [9.17, 15) is 4.79 Å². The van der Waals surface area contributed by atoms with Gasteiger partial charge in [-0.25, -0.2) is 0 Å². The smallest absolute Gasteiger partial charge is 0.253 e. The molecular formula is C17H22N2O. The molecular weight excluding hydrogens is 248 g/mol. The van der Waals surface area contributed by atoms with E-state index in [1.165, 1.54) is 19.3 Å². The zero-order valence-corrected chi connectivity index (χ0v) is 11.9. The first-order valence-corrected chi connectivity index (χ1v) is 7.93. The minimum absolute atomic E-state index is 0.0975. The van der Waals surface area contributed by atoms with E-state index < -0.39 is 0 Å². The third-order valence-electron chi connectivity index (χ3n) is 5.57. The third-order valence-corrected chi connectivity index (χ3v) is 5.57. The molecule has 4 unspecified atom stereocenters. The van der Waals surface area contributed by atoms with E-state index in [1.54, 1.807) is 0 Å². The van der Waals surface area contributed by atoms with E-state index in [0.29, 0.717) is 6.04 Å². The van der Waals surface area contributed by atoms with Crippen LogP contribution in [0.15, 0.2) is 24.3 Å². The third kappa shape index (κ3) is 1.75. The molecule has 0 saturated heterocycles. The Morgan fingerprint density at radius 2 is 1.90 bits per heavy atom. The molecule has 1 aromatic carbocycles. The van der Waals surface area contributed by atoms with Crippen LogP contribution in [-0.4, -0.2) is 18.5 Å². The maximum Gasteiger partial charge on any atom is 0.253 e. The van der Waals surface area contributed by atoms with Crippen molar-refractivity contribution in [1.29, 1.82) is 0 Å². The highest BCUT2D eigenvalue weighted by Crippen LogP contribution is 2.65. The minimum atomic E-state index is 0.0975. The molecule has 3 nitrogen and oxygen atoms in total. The highest BCUT2D eigenvalue weighted by atomic mass is 16.1. The normalized spacial score (nSPS) is 36.5. The summed E-state index contributed by atoms with van der Waals surface area (Å²) >= 11 is 0. The number of nitrogens with one attached hydrogen (secondary N) is 2. The van der Waals surface area contributed by atoms with Crippen molar-refractivity contribution in [3.8, 4) is 0 Å². The highest BCUT2D eigenvalue weighted by Gasteiger charge is 2.65. The lowest BCUT2D eigenvalue weighted by Crippen LogP contribution is -2.30. The first-order chi connectivity index (χ1) is 9.79. The zero-order chi connectivity index (χ0) is 13.7.